The molecule has 10 heteroatoms. The van der Waals surface area contributed by atoms with E-state index in [1.165, 1.54) is 33.5 Å². The first-order chi connectivity index (χ1) is 18.8. The van der Waals surface area contributed by atoms with Gasteiger partial charge in [0.05, 0.1) is 34.9 Å². The molecule has 0 spiro atoms. The van der Waals surface area contributed by atoms with Crippen molar-refractivity contribution in [3.63, 3.8) is 0 Å². The van der Waals surface area contributed by atoms with Crippen molar-refractivity contribution in [3.8, 4) is 11.1 Å². The second-order valence-corrected chi connectivity index (χ2v) is 10.5. The summed E-state index contributed by atoms with van der Waals surface area (Å²) in [4.78, 5) is 37.1. The number of aryl methyl sites for hydroxylation is 1. The average Bonchev–Trinajstić information content (AvgIpc) is 3.64. The van der Waals surface area contributed by atoms with E-state index in [2.05, 4.69) is 14.5 Å². The summed E-state index contributed by atoms with van der Waals surface area (Å²) in [5.74, 6) is 0.392. The number of hydrogen-bond donors (Lipinski definition) is 0. The fourth-order valence-electron chi connectivity index (χ4n) is 4.82. The molecule has 0 aliphatic carbocycles. The van der Waals surface area contributed by atoms with Gasteiger partial charge in [-0.05, 0) is 65.2 Å². The standard InChI is InChI=1S/C29H25FN6O2S/c1-18-32-25-10-11-31-13-27(25)34(18)14-19-15-36(39-17-19)28(37)24-16-35(29(38)33(2)3)26-12-21(6-9-23(24)26)20-4-7-22(30)8-5-20/h4-13,16-17H,14-15H2,1-3H3. The summed E-state index contributed by atoms with van der Waals surface area (Å²) in [6.07, 6.45) is 5.14. The predicted molar refractivity (Wildman–Crippen MR) is 151 cm³/mol. The molecule has 0 fully saturated rings. The molecule has 2 aromatic carbocycles. The molecule has 0 saturated carbocycles. The highest BCUT2D eigenvalue weighted by atomic mass is 32.2. The molecular formula is C29H25FN6O2S. The third kappa shape index (κ3) is 4.46. The summed E-state index contributed by atoms with van der Waals surface area (Å²) in [7, 11) is 3.34. The van der Waals surface area contributed by atoms with E-state index in [0.29, 0.717) is 29.6 Å². The number of amides is 2. The molecule has 8 nitrogen and oxygen atoms in total. The van der Waals surface area contributed by atoms with Crippen LogP contribution < -0.4 is 0 Å². The van der Waals surface area contributed by atoms with Crippen LogP contribution in [0.1, 0.15) is 16.2 Å². The Morgan fingerprint density at radius 2 is 1.82 bits per heavy atom. The van der Waals surface area contributed by atoms with E-state index < -0.39 is 0 Å². The number of carbonyl (C=O) groups excluding carboxylic acids is 2. The number of hydrogen-bond acceptors (Lipinski definition) is 5. The Hall–Kier alpha value is -4.44. The molecule has 196 valence electrons. The zero-order valence-electron chi connectivity index (χ0n) is 21.6. The van der Waals surface area contributed by atoms with Crippen molar-refractivity contribution in [3.05, 3.63) is 95.3 Å². The number of carbonyl (C=O) groups is 2. The van der Waals surface area contributed by atoms with Gasteiger partial charge >= 0.3 is 6.03 Å². The van der Waals surface area contributed by atoms with E-state index >= 15 is 0 Å². The van der Waals surface area contributed by atoms with Gasteiger partial charge < -0.3 is 9.47 Å². The molecule has 2 amide bonds. The lowest BCUT2D eigenvalue weighted by atomic mass is 10.0. The molecule has 39 heavy (non-hydrogen) atoms. The van der Waals surface area contributed by atoms with E-state index in [1.807, 2.05) is 36.6 Å². The van der Waals surface area contributed by atoms with Crippen LogP contribution in [0.5, 0.6) is 0 Å². The highest BCUT2D eigenvalue weighted by Gasteiger charge is 2.27. The average molecular weight is 541 g/mol. The van der Waals surface area contributed by atoms with E-state index in [0.717, 1.165) is 33.6 Å². The zero-order valence-corrected chi connectivity index (χ0v) is 22.4. The van der Waals surface area contributed by atoms with Crippen molar-refractivity contribution in [1.82, 2.24) is 28.3 Å². The van der Waals surface area contributed by atoms with Crippen LogP contribution in [0, 0.1) is 12.7 Å². The quantitative estimate of drug-likeness (QED) is 0.273. The molecular weight excluding hydrogens is 515 g/mol. The SMILES string of the molecule is Cc1nc2ccncc2n1CC1=CSN(C(=O)c2cn(C(=O)N(C)C)c3cc(-c4ccc(F)cc4)ccc23)C1. The van der Waals surface area contributed by atoms with Crippen molar-refractivity contribution < 1.29 is 14.0 Å². The highest BCUT2D eigenvalue weighted by Crippen LogP contribution is 2.33. The molecule has 1 aliphatic rings. The van der Waals surface area contributed by atoms with Crippen molar-refractivity contribution >= 4 is 45.8 Å². The summed E-state index contributed by atoms with van der Waals surface area (Å²) in [6, 6.07) is 13.4. The summed E-state index contributed by atoms with van der Waals surface area (Å²) in [5.41, 5.74) is 5.62. The zero-order chi connectivity index (χ0) is 27.3. The number of rotatable bonds is 4. The molecule has 4 heterocycles. The summed E-state index contributed by atoms with van der Waals surface area (Å²) < 4.78 is 18.8. The van der Waals surface area contributed by atoms with Gasteiger partial charge in [-0.25, -0.2) is 14.2 Å². The molecule has 6 rings (SSSR count). The number of fused-ring (bicyclic) bond motifs is 2. The van der Waals surface area contributed by atoms with E-state index in [4.69, 9.17) is 0 Å². The van der Waals surface area contributed by atoms with Crippen molar-refractivity contribution in [1.29, 1.82) is 0 Å². The fourth-order valence-corrected chi connectivity index (χ4v) is 5.68. The van der Waals surface area contributed by atoms with E-state index in [9.17, 15) is 14.0 Å². The maximum absolute atomic E-state index is 13.7. The van der Waals surface area contributed by atoms with Gasteiger partial charge in [0, 0.05) is 38.4 Å². The maximum Gasteiger partial charge on any atom is 0.328 e. The highest BCUT2D eigenvalue weighted by molar-refractivity contribution is 8.00. The number of aromatic nitrogens is 4. The van der Waals surface area contributed by atoms with Crippen molar-refractivity contribution in [2.45, 2.75) is 13.5 Å². The molecule has 3 aromatic heterocycles. The maximum atomic E-state index is 13.7. The first kappa shape index (κ1) is 24.9. The predicted octanol–water partition coefficient (Wildman–Crippen LogP) is 5.72. The van der Waals surface area contributed by atoms with Crippen LogP contribution in [0.25, 0.3) is 33.1 Å². The molecule has 0 saturated heterocycles. The fraction of sp³-hybridized carbons (Fsp3) is 0.172. The minimum Gasteiger partial charge on any atom is -0.330 e. The minimum absolute atomic E-state index is 0.176. The number of pyridine rings is 1. The van der Waals surface area contributed by atoms with E-state index in [1.54, 1.807) is 49.1 Å². The van der Waals surface area contributed by atoms with Gasteiger partial charge in [0.15, 0.2) is 0 Å². The lowest BCUT2D eigenvalue weighted by Crippen LogP contribution is -2.27. The monoisotopic (exact) mass is 540 g/mol. The van der Waals surface area contributed by atoms with E-state index in [-0.39, 0.29) is 17.8 Å². The summed E-state index contributed by atoms with van der Waals surface area (Å²) in [6.45, 7) is 3.01. The van der Waals surface area contributed by atoms with Crippen LogP contribution in [0.2, 0.25) is 0 Å². The lowest BCUT2D eigenvalue weighted by Gasteiger charge is -2.15. The van der Waals surface area contributed by atoms with Crippen LogP contribution in [-0.4, -0.2) is 60.9 Å². The molecule has 0 bridgehead atoms. The van der Waals surface area contributed by atoms with Crippen molar-refractivity contribution in [2.75, 3.05) is 20.6 Å². The van der Waals surface area contributed by atoms with Gasteiger partial charge in [0.2, 0.25) is 0 Å². The van der Waals surface area contributed by atoms with Gasteiger partial charge in [0.25, 0.3) is 5.91 Å². The lowest BCUT2D eigenvalue weighted by molar-refractivity contribution is 0.0883. The third-order valence-corrected chi connectivity index (χ3v) is 7.81. The van der Waals surface area contributed by atoms with Gasteiger partial charge in [-0.15, -0.1) is 0 Å². The third-order valence-electron chi connectivity index (χ3n) is 6.82. The van der Waals surface area contributed by atoms with Crippen LogP contribution in [0.4, 0.5) is 9.18 Å². The van der Waals surface area contributed by atoms with Gasteiger partial charge in [-0.3, -0.25) is 18.7 Å². The Morgan fingerprint density at radius 3 is 2.59 bits per heavy atom. The Kier molecular flexibility index (Phi) is 6.19. The number of benzene rings is 2. The smallest absolute Gasteiger partial charge is 0.328 e. The summed E-state index contributed by atoms with van der Waals surface area (Å²) >= 11 is 1.35. The topological polar surface area (TPSA) is 76.3 Å². The van der Waals surface area contributed by atoms with Gasteiger partial charge in [-0.1, -0.05) is 24.3 Å². The van der Waals surface area contributed by atoms with Crippen molar-refractivity contribution in [2.24, 2.45) is 0 Å². The first-order valence-electron chi connectivity index (χ1n) is 12.4. The minimum atomic E-state index is -0.317. The first-order valence-corrected chi connectivity index (χ1v) is 13.2. The van der Waals surface area contributed by atoms with Crippen LogP contribution in [-0.2, 0) is 6.54 Å². The second-order valence-electron chi connectivity index (χ2n) is 9.66. The summed E-state index contributed by atoms with van der Waals surface area (Å²) in [5, 5.41) is 2.67. The number of imidazole rings is 1. The second kappa shape index (κ2) is 9.70. The number of nitrogens with zero attached hydrogens (tertiary/aromatic N) is 6. The molecule has 0 N–H and O–H groups in total. The molecule has 0 atom stereocenters. The normalized spacial score (nSPS) is 13.3. The molecule has 0 radical (unpaired) electrons. The molecule has 1 aliphatic heterocycles. The Bertz CT molecular complexity index is 1790. The van der Waals surface area contributed by atoms with Crippen LogP contribution >= 0.6 is 11.9 Å². The molecule has 0 unspecified atom stereocenters. The Labute approximate surface area is 228 Å². The van der Waals surface area contributed by atoms with Gasteiger partial charge in [0.1, 0.15) is 11.6 Å². The largest absolute Gasteiger partial charge is 0.330 e. The van der Waals surface area contributed by atoms with Gasteiger partial charge in [-0.2, -0.15) is 0 Å². The Balaban J connectivity index is 1.30. The Morgan fingerprint density at radius 1 is 1.05 bits per heavy atom. The van der Waals surface area contributed by atoms with Crippen LogP contribution in [0.3, 0.4) is 0 Å². The molecule has 5 aromatic rings. The number of halogens is 1. The van der Waals surface area contributed by atoms with Crippen LogP contribution in [0.15, 0.2) is 78.1 Å².